The molecule has 1 saturated carbocycles. The first-order valence-electron chi connectivity index (χ1n) is 6.49. The number of hydrogen-bond acceptors (Lipinski definition) is 3. The van der Waals surface area contributed by atoms with Crippen molar-refractivity contribution in [3.63, 3.8) is 0 Å². The normalized spacial score (nSPS) is 21.1. The van der Waals surface area contributed by atoms with Gasteiger partial charge in [0.1, 0.15) is 16.3 Å². The predicted molar refractivity (Wildman–Crippen MR) is 73.7 cm³/mol. The van der Waals surface area contributed by atoms with Gasteiger partial charge in [-0.1, -0.05) is 13.3 Å². The maximum Gasteiger partial charge on any atom is 0.264 e. The number of carbonyl (C=O) groups is 1. The van der Waals surface area contributed by atoms with E-state index < -0.39 is 37.1 Å². The minimum Gasteiger partial charge on any atom is -0.349 e. The van der Waals surface area contributed by atoms with E-state index in [0.29, 0.717) is 18.1 Å². The molecule has 1 aliphatic rings. The summed E-state index contributed by atoms with van der Waals surface area (Å²) in [5, 5.41) is 2.51. The SMILES string of the molecule is CCCC1CC1NC(=O)c1c(F)ccc(S(=O)(=O)Cl)c1F. The summed E-state index contributed by atoms with van der Waals surface area (Å²) in [5.41, 5.74) is -0.918. The van der Waals surface area contributed by atoms with E-state index in [1.54, 1.807) is 0 Å². The molecule has 1 aromatic carbocycles. The van der Waals surface area contributed by atoms with Crippen molar-refractivity contribution in [1.29, 1.82) is 0 Å². The van der Waals surface area contributed by atoms with Crippen molar-refractivity contribution in [2.45, 2.75) is 37.1 Å². The number of amides is 1. The van der Waals surface area contributed by atoms with Gasteiger partial charge in [0.15, 0.2) is 5.82 Å². The molecule has 2 rings (SSSR count). The van der Waals surface area contributed by atoms with Gasteiger partial charge in [0, 0.05) is 16.7 Å². The van der Waals surface area contributed by atoms with Crippen LogP contribution in [-0.4, -0.2) is 20.4 Å². The molecule has 0 radical (unpaired) electrons. The highest BCUT2D eigenvalue weighted by Crippen LogP contribution is 2.35. The number of nitrogens with one attached hydrogen (secondary N) is 1. The summed E-state index contributed by atoms with van der Waals surface area (Å²) in [6, 6.07) is 1.29. The first-order chi connectivity index (χ1) is 9.75. The van der Waals surface area contributed by atoms with Crippen LogP contribution in [0.25, 0.3) is 0 Å². The predicted octanol–water partition coefficient (Wildman–Crippen LogP) is 2.81. The summed E-state index contributed by atoms with van der Waals surface area (Å²) < 4.78 is 50.0. The molecule has 8 heteroatoms. The Hall–Kier alpha value is -1.21. The number of rotatable bonds is 5. The van der Waals surface area contributed by atoms with Gasteiger partial charge in [-0.15, -0.1) is 0 Å². The van der Waals surface area contributed by atoms with Crippen LogP contribution in [-0.2, 0) is 9.05 Å². The second-order valence-corrected chi connectivity index (χ2v) is 7.57. The molecule has 0 saturated heterocycles. The van der Waals surface area contributed by atoms with Crippen LogP contribution in [0.3, 0.4) is 0 Å². The van der Waals surface area contributed by atoms with E-state index in [4.69, 9.17) is 10.7 Å². The third-order valence-electron chi connectivity index (χ3n) is 3.44. The van der Waals surface area contributed by atoms with Crippen LogP contribution in [0.1, 0.15) is 36.5 Å². The molecule has 1 fully saturated rings. The zero-order valence-corrected chi connectivity index (χ0v) is 12.8. The highest BCUT2D eigenvalue weighted by Gasteiger charge is 2.38. The first kappa shape index (κ1) is 16.2. The van der Waals surface area contributed by atoms with Crippen LogP contribution in [0.15, 0.2) is 17.0 Å². The monoisotopic (exact) mass is 337 g/mol. The van der Waals surface area contributed by atoms with E-state index in [1.807, 2.05) is 6.92 Å². The highest BCUT2D eigenvalue weighted by molar-refractivity contribution is 8.13. The number of carbonyl (C=O) groups excluding carboxylic acids is 1. The van der Waals surface area contributed by atoms with Crippen LogP contribution in [0.5, 0.6) is 0 Å². The van der Waals surface area contributed by atoms with Crippen molar-refractivity contribution in [3.8, 4) is 0 Å². The Balaban J connectivity index is 2.25. The molecule has 2 unspecified atom stereocenters. The van der Waals surface area contributed by atoms with Gasteiger partial charge in [-0.3, -0.25) is 4.79 Å². The Bertz CT molecular complexity index is 678. The fraction of sp³-hybridized carbons (Fsp3) is 0.462. The summed E-state index contributed by atoms with van der Waals surface area (Å²) in [5.74, 6) is -3.24. The van der Waals surface area contributed by atoms with Gasteiger partial charge in [-0.25, -0.2) is 17.2 Å². The standard InChI is InChI=1S/C13H14ClF2NO3S/c1-2-3-7-6-9(7)17-13(18)11-8(15)4-5-10(12(11)16)21(14,19)20/h4-5,7,9H,2-3,6H2,1H3,(H,17,18). The molecule has 0 aromatic heterocycles. The summed E-state index contributed by atoms with van der Waals surface area (Å²) in [7, 11) is 0.665. The second kappa shape index (κ2) is 5.88. The van der Waals surface area contributed by atoms with Crippen LogP contribution < -0.4 is 5.32 Å². The Labute approximate surface area is 125 Å². The Morgan fingerprint density at radius 1 is 1.43 bits per heavy atom. The topological polar surface area (TPSA) is 63.2 Å². The fourth-order valence-electron chi connectivity index (χ4n) is 2.28. The third-order valence-corrected chi connectivity index (χ3v) is 4.78. The molecule has 0 bridgehead atoms. The van der Waals surface area contributed by atoms with Crippen molar-refractivity contribution in [2.24, 2.45) is 5.92 Å². The second-order valence-electron chi connectivity index (χ2n) is 5.04. The van der Waals surface area contributed by atoms with E-state index in [1.165, 1.54) is 0 Å². The summed E-state index contributed by atoms with van der Waals surface area (Å²) in [4.78, 5) is 11.0. The van der Waals surface area contributed by atoms with Crippen molar-refractivity contribution in [1.82, 2.24) is 5.32 Å². The van der Waals surface area contributed by atoms with E-state index >= 15 is 0 Å². The van der Waals surface area contributed by atoms with Crippen molar-refractivity contribution < 1.29 is 22.0 Å². The number of hydrogen-bond donors (Lipinski definition) is 1. The Morgan fingerprint density at radius 2 is 2.10 bits per heavy atom. The molecule has 116 valence electrons. The van der Waals surface area contributed by atoms with Crippen LogP contribution >= 0.6 is 10.7 Å². The molecule has 1 amide bonds. The van der Waals surface area contributed by atoms with Gasteiger partial charge in [0.25, 0.3) is 15.0 Å². The van der Waals surface area contributed by atoms with Gasteiger partial charge < -0.3 is 5.32 Å². The lowest BCUT2D eigenvalue weighted by Crippen LogP contribution is -2.29. The quantitative estimate of drug-likeness (QED) is 0.840. The molecule has 1 N–H and O–H groups in total. The lowest BCUT2D eigenvalue weighted by Gasteiger charge is -2.09. The lowest BCUT2D eigenvalue weighted by molar-refractivity contribution is 0.0939. The summed E-state index contributed by atoms with van der Waals surface area (Å²) >= 11 is 0. The van der Waals surface area contributed by atoms with Crippen molar-refractivity contribution in [2.75, 3.05) is 0 Å². The maximum absolute atomic E-state index is 14.0. The van der Waals surface area contributed by atoms with Gasteiger partial charge in [0.05, 0.1) is 0 Å². The van der Waals surface area contributed by atoms with Gasteiger partial charge in [-0.05, 0) is 30.9 Å². The molecule has 1 aliphatic carbocycles. The molecule has 0 heterocycles. The fourth-order valence-corrected chi connectivity index (χ4v) is 3.19. The highest BCUT2D eigenvalue weighted by atomic mass is 35.7. The lowest BCUT2D eigenvalue weighted by atomic mass is 10.1. The number of benzene rings is 1. The molecular formula is C13H14ClF2NO3S. The largest absolute Gasteiger partial charge is 0.349 e. The van der Waals surface area contributed by atoms with Crippen LogP contribution in [0, 0.1) is 17.6 Å². The summed E-state index contributed by atoms with van der Waals surface area (Å²) in [6.07, 6.45) is 2.64. The molecule has 21 heavy (non-hydrogen) atoms. The van der Waals surface area contributed by atoms with Gasteiger partial charge in [-0.2, -0.15) is 0 Å². The molecule has 0 spiro atoms. The maximum atomic E-state index is 14.0. The van der Waals surface area contributed by atoms with Gasteiger partial charge in [0.2, 0.25) is 0 Å². The summed E-state index contributed by atoms with van der Waals surface area (Å²) in [6.45, 7) is 2.01. The van der Waals surface area contributed by atoms with E-state index in [0.717, 1.165) is 19.3 Å². The first-order valence-corrected chi connectivity index (χ1v) is 8.80. The number of halogens is 3. The third kappa shape index (κ3) is 3.52. The molecule has 4 nitrogen and oxygen atoms in total. The minimum atomic E-state index is -4.39. The zero-order chi connectivity index (χ0) is 15.8. The molecule has 2 atom stereocenters. The zero-order valence-electron chi connectivity index (χ0n) is 11.2. The van der Waals surface area contributed by atoms with Crippen molar-refractivity contribution >= 4 is 25.6 Å². The Kier molecular flexibility index (Phi) is 4.53. The molecule has 1 aromatic rings. The average molecular weight is 338 g/mol. The Morgan fingerprint density at radius 3 is 2.67 bits per heavy atom. The van der Waals surface area contributed by atoms with Crippen molar-refractivity contribution in [3.05, 3.63) is 29.3 Å². The smallest absolute Gasteiger partial charge is 0.264 e. The minimum absolute atomic E-state index is 0.118. The molecule has 0 aliphatic heterocycles. The van der Waals surface area contributed by atoms with E-state index in [2.05, 4.69) is 5.32 Å². The average Bonchev–Trinajstić information content (AvgIpc) is 3.05. The van der Waals surface area contributed by atoms with Gasteiger partial charge >= 0.3 is 0 Å². The van der Waals surface area contributed by atoms with Crippen LogP contribution in [0.2, 0.25) is 0 Å². The van der Waals surface area contributed by atoms with E-state index in [-0.39, 0.29) is 6.04 Å². The van der Waals surface area contributed by atoms with Crippen LogP contribution in [0.4, 0.5) is 8.78 Å². The van der Waals surface area contributed by atoms with E-state index in [9.17, 15) is 22.0 Å². The molecular weight excluding hydrogens is 324 g/mol.